The number of alkyl halides is 2. The molecule has 0 N–H and O–H groups in total. The fourth-order valence-corrected chi connectivity index (χ4v) is 2.18. The molecule has 112 valence electrons. The summed E-state index contributed by atoms with van der Waals surface area (Å²) in [5.41, 5.74) is 0.658. The van der Waals surface area contributed by atoms with Crippen LogP contribution in [0.4, 0.5) is 8.78 Å². The Hall–Kier alpha value is -2.11. The zero-order valence-electron chi connectivity index (χ0n) is 11.3. The van der Waals surface area contributed by atoms with E-state index in [-0.39, 0.29) is 11.5 Å². The Balaban J connectivity index is 1.81. The van der Waals surface area contributed by atoms with E-state index < -0.39 is 6.61 Å². The third kappa shape index (κ3) is 3.32. The van der Waals surface area contributed by atoms with Gasteiger partial charge in [-0.1, -0.05) is 6.42 Å². The molecule has 1 aromatic heterocycles. The Labute approximate surface area is 120 Å². The lowest BCUT2D eigenvalue weighted by Gasteiger charge is -2.25. The molecular weight excluding hydrogens is 280 g/mol. The second-order valence-corrected chi connectivity index (χ2v) is 4.99. The zero-order chi connectivity index (χ0) is 14.7. The van der Waals surface area contributed by atoms with Crippen molar-refractivity contribution in [2.24, 2.45) is 5.92 Å². The summed E-state index contributed by atoms with van der Waals surface area (Å²) in [5, 5.41) is 0. The molecule has 21 heavy (non-hydrogen) atoms. The maximum absolute atomic E-state index is 12.4. The van der Waals surface area contributed by atoms with Crippen LogP contribution in [-0.4, -0.2) is 18.2 Å². The molecule has 1 aliphatic carbocycles. The van der Waals surface area contributed by atoms with Gasteiger partial charge >= 0.3 is 6.61 Å². The third-order valence-electron chi connectivity index (χ3n) is 3.54. The molecule has 1 aromatic carbocycles. The molecule has 0 bridgehead atoms. The van der Waals surface area contributed by atoms with E-state index in [0.29, 0.717) is 24.0 Å². The van der Waals surface area contributed by atoms with Gasteiger partial charge in [0.1, 0.15) is 6.26 Å². The minimum absolute atomic E-state index is 0.0274. The summed E-state index contributed by atoms with van der Waals surface area (Å²) >= 11 is 0. The molecule has 0 spiro atoms. The van der Waals surface area contributed by atoms with Gasteiger partial charge in [0.05, 0.1) is 12.8 Å². The van der Waals surface area contributed by atoms with Gasteiger partial charge in [0, 0.05) is 5.56 Å². The van der Waals surface area contributed by atoms with Crippen molar-refractivity contribution in [3.63, 3.8) is 0 Å². The van der Waals surface area contributed by atoms with Crippen LogP contribution in [0.1, 0.15) is 19.3 Å². The molecule has 0 radical (unpaired) electrons. The molecular formula is C15H15F2NO3. The third-order valence-corrected chi connectivity index (χ3v) is 3.54. The van der Waals surface area contributed by atoms with Crippen molar-refractivity contribution >= 4 is 0 Å². The molecule has 1 fully saturated rings. The Morgan fingerprint density at radius 2 is 2.14 bits per heavy atom. The van der Waals surface area contributed by atoms with E-state index in [1.165, 1.54) is 24.9 Å². The first-order valence-electron chi connectivity index (χ1n) is 6.84. The first-order chi connectivity index (χ1) is 10.2. The lowest BCUT2D eigenvalue weighted by Crippen LogP contribution is -2.19. The van der Waals surface area contributed by atoms with E-state index in [4.69, 9.17) is 9.15 Å². The van der Waals surface area contributed by atoms with Crippen molar-refractivity contribution in [3.8, 4) is 23.0 Å². The Morgan fingerprint density at radius 1 is 1.29 bits per heavy atom. The highest BCUT2D eigenvalue weighted by atomic mass is 19.3. The number of nitrogens with zero attached hydrogens (tertiary/aromatic N) is 1. The van der Waals surface area contributed by atoms with Gasteiger partial charge in [0.25, 0.3) is 0 Å². The second kappa shape index (κ2) is 6.11. The van der Waals surface area contributed by atoms with Gasteiger partial charge in [0.15, 0.2) is 11.5 Å². The number of ether oxygens (including phenoxy) is 2. The molecule has 0 saturated heterocycles. The van der Waals surface area contributed by atoms with E-state index >= 15 is 0 Å². The SMILES string of the molecule is FC(F)Oc1ccc(-c2ncco2)cc1OCC1CCC1. The molecule has 4 nitrogen and oxygen atoms in total. The number of halogens is 2. The number of rotatable bonds is 6. The zero-order valence-corrected chi connectivity index (χ0v) is 11.3. The van der Waals surface area contributed by atoms with Gasteiger partial charge in [-0.25, -0.2) is 4.98 Å². The summed E-state index contributed by atoms with van der Waals surface area (Å²) in [5.74, 6) is 1.22. The van der Waals surface area contributed by atoms with E-state index in [2.05, 4.69) is 9.72 Å². The van der Waals surface area contributed by atoms with Gasteiger partial charge in [-0.3, -0.25) is 0 Å². The van der Waals surface area contributed by atoms with Gasteiger partial charge in [-0.15, -0.1) is 0 Å². The quantitative estimate of drug-likeness (QED) is 0.804. The summed E-state index contributed by atoms with van der Waals surface area (Å²) in [6, 6.07) is 4.67. The van der Waals surface area contributed by atoms with Crippen LogP contribution < -0.4 is 9.47 Å². The first-order valence-corrected chi connectivity index (χ1v) is 6.84. The van der Waals surface area contributed by atoms with Gasteiger partial charge in [-0.05, 0) is 37.0 Å². The molecule has 0 unspecified atom stereocenters. The van der Waals surface area contributed by atoms with Crippen LogP contribution >= 0.6 is 0 Å². The summed E-state index contributed by atoms with van der Waals surface area (Å²) in [6.45, 7) is -2.38. The fraction of sp³-hybridized carbons (Fsp3) is 0.400. The van der Waals surface area contributed by atoms with Crippen LogP contribution in [0.15, 0.2) is 35.1 Å². The molecule has 3 rings (SSSR count). The topological polar surface area (TPSA) is 44.5 Å². The molecule has 1 aliphatic rings. The van der Waals surface area contributed by atoms with Crippen molar-refractivity contribution in [3.05, 3.63) is 30.7 Å². The minimum Gasteiger partial charge on any atom is -0.489 e. The number of hydrogen-bond donors (Lipinski definition) is 0. The summed E-state index contributed by atoms with van der Waals surface area (Å²) in [6.07, 6.45) is 6.40. The first kappa shape index (κ1) is 13.9. The maximum atomic E-state index is 12.4. The second-order valence-electron chi connectivity index (χ2n) is 4.99. The van der Waals surface area contributed by atoms with E-state index in [1.54, 1.807) is 12.1 Å². The summed E-state index contributed by atoms with van der Waals surface area (Å²) in [7, 11) is 0. The van der Waals surface area contributed by atoms with Crippen molar-refractivity contribution in [1.29, 1.82) is 0 Å². The smallest absolute Gasteiger partial charge is 0.387 e. The van der Waals surface area contributed by atoms with Crippen LogP contribution in [0, 0.1) is 5.92 Å². The molecule has 0 aliphatic heterocycles. The molecule has 1 heterocycles. The van der Waals surface area contributed by atoms with Gasteiger partial charge < -0.3 is 13.9 Å². The molecule has 0 amide bonds. The van der Waals surface area contributed by atoms with Crippen molar-refractivity contribution in [2.45, 2.75) is 25.9 Å². The molecule has 6 heteroatoms. The van der Waals surface area contributed by atoms with Crippen molar-refractivity contribution < 1.29 is 22.7 Å². The largest absolute Gasteiger partial charge is 0.489 e. The number of benzene rings is 1. The average molecular weight is 295 g/mol. The predicted molar refractivity (Wildman–Crippen MR) is 71.4 cm³/mol. The Morgan fingerprint density at radius 3 is 2.76 bits per heavy atom. The predicted octanol–water partition coefficient (Wildman–Crippen LogP) is 4.12. The monoisotopic (exact) mass is 295 g/mol. The number of aromatic nitrogens is 1. The van der Waals surface area contributed by atoms with Crippen LogP contribution in [0.25, 0.3) is 11.5 Å². The van der Waals surface area contributed by atoms with Gasteiger partial charge in [-0.2, -0.15) is 8.78 Å². The lowest BCUT2D eigenvalue weighted by molar-refractivity contribution is -0.0517. The molecule has 0 atom stereocenters. The van der Waals surface area contributed by atoms with Gasteiger partial charge in [0.2, 0.25) is 5.89 Å². The average Bonchev–Trinajstić information content (AvgIpc) is 2.92. The Kier molecular flexibility index (Phi) is 4.03. The van der Waals surface area contributed by atoms with Crippen LogP contribution in [-0.2, 0) is 0 Å². The number of oxazole rings is 1. The fourth-order valence-electron chi connectivity index (χ4n) is 2.18. The Bertz CT molecular complexity index is 583. The highest BCUT2D eigenvalue weighted by Crippen LogP contribution is 2.35. The summed E-state index contributed by atoms with van der Waals surface area (Å²) in [4.78, 5) is 4.03. The summed E-state index contributed by atoms with van der Waals surface area (Å²) < 4.78 is 40.2. The number of hydrogen-bond acceptors (Lipinski definition) is 4. The maximum Gasteiger partial charge on any atom is 0.387 e. The van der Waals surface area contributed by atoms with E-state index in [0.717, 1.165) is 12.8 Å². The van der Waals surface area contributed by atoms with E-state index in [9.17, 15) is 8.78 Å². The van der Waals surface area contributed by atoms with Crippen molar-refractivity contribution in [2.75, 3.05) is 6.61 Å². The highest BCUT2D eigenvalue weighted by Gasteiger charge is 2.20. The van der Waals surface area contributed by atoms with Crippen LogP contribution in [0.2, 0.25) is 0 Å². The minimum atomic E-state index is -2.89. The van der Waals surface area contributed by atoms with Crippen LogP contribution in [0.3, 0.4) is 0 Å². The van der Waals surface area contributed by atoms with Crippen molar-refractivity contribution in [1.82, 2.24) is 4.98 Å². The van der Waals surface area contributed by atoms with E-state index in [1.807, 2.05) is 0 Å². The highest BCUT2D eigenvalue weighted by molar-refractivity contribution is 5.59. The van der Waals surface area contributed by atoms with Crippen LogP contribution in [0.5, 0.6) is 11.5 Å². The molecule has 2 aromatic rings. The normalized spacial score (nSPS) is 15.0. The lowest BCUT2D eigenvalue weighted by atomic mass is 9.86. The standard InChI is InChI=1S/C15H15F2NO3/c16-15(17)21-12-5-4-11(14-18-6-7-19-14)8-13(12)20-9-10-2-1-3-10/h4-8,10,15H,1-3,9H2. The molecule has 1 saturated carbocycles.